The maximum atomic E-state index is 13.1. The van der Waals surface area contributed by atoms with Crippen molar-refractivity contribution in [2.24, 2.45) is 0 Å². The first kappa shape index (κ1) is 18.6. The van der Waals surface area contributed by atoms with E-state index in [0.717, 1.165) is 31.2 Å². The Bertz CT molecular complexity index is 817. The van der Waals surface area contributed by atoms with Crippen LogP contribution in [0.15, 0.2) is 65.6 Å². The third kappa shape index (κ3) is 4.71. The van der Waals surface area contributed by atoms with E-state index in [1.807, 2.05) is 30.3 Å². The standard InChI is InChI=1S/C20H24N2O3S/c23-20(21-18-11-7-8-12-18)16-22(15-17-9-3-1-4-10-17)26(24,25)19-13-5-2-6-14-19/h1-6,9-10,13-14,18H,7-8,11-12,15-16H2,(H,21,23). The highest BCUT2D eigenvalue weighted by atomic mass is 32.2. The number of sulfonamides is 1. The second-order valence-corrected chi connectivity index (χ2v) is 8.56. The summed E-state index contributed by atoms with van der Waals surface area (Å²) < 4.78 is 27.4. The molecule has 1 aliphatic carbocycles. The molecule has 0 aliphatic heterocycles. The smallest absolute Gasteiger partial charge is 0.243 e. The van der Waals surface area contributed by atoms with Crippen LogP contribution in [0.2, 0.25) is 0 Å². The van der Waals surface area contributed by atoms with Crippen molar-refractivity contribution in [3.63, 3.8) is 0 Å². The molecule has 0 heterocycles. The first-order valence-corrected chi connectivity index (χ1v) is 10.4. The first-order chi connectivity index (χ1) is 12.6. The molecule has 6 heteroatoms. The Hall–Kier alpha value is -2.18. The molecular weight excluding hydrogens is 348 g/mol. The molecule has 2 aromatic carbocycles. The number of amides is 1. The van der Waals surface area contributed by atoms with E-state index in [-0.39, 0.29) is 29.9 Å². The number of benzene rings is 2. The van der Waals surface area contributed by atoms with Crippen LogP contribution >= 0.6 is 0 Å². The fourth-order valence-corrected chi connectivity index (χ4v) is 4.66. The second-order valence-electron chi connectivity index (χ2n) is 6.62. The zero-order valence-electron chi connectivity index (χ0n) is 14.7. The number of carbonyl (C=O) groups is 1. The van der Waals surface area contributed by atoms with E-state index in [9.17, 15) is 13.2 Å². The van der Waals surface area contributed by atoms with Gasteiger partial charge in [0.25, 0.3) is 0 Å². The van der Waals surface area contributed by atoms with Crippen LogP contribution in [-0.2, 0) is 21.4 Å². The zero-order valence-corrected chi connectivity index (χ0v) is 15.5. The van der Waals surface area contributed by atoms with E-state index in [1.165, 1.54) is 4.31 Å². The Morgan fingerprint density at radius 2 is 1.54 bits per heavy atom. The Labute approximate surface area is 155 Å². The van der Waals surface area contributed by atoms with Gasteiger partial charge in [0.2, 0.25) is 15.9 Å². The van der Waals surface area contributed by atoms with Gasteiger partial charge in [0.05, 0.1) is 11.4 Å². The average Bonchev–Trinajstić information content (AvgIpc) is 3.15. The average molecular weight is 372 g/mol. The molecule has 1 fully saturated rings. The molecule has 5 nitrogen and oxygen atoms in total. The van der Waals surface area contributed by atoms with Crippen molar-refractivity contribution in [1.29, 1.82) is 0 Å². The Balaban J connectivity index is 1.80. The van der Waals surface area contributed by atoms with Gasteiger partial charge in [-0.15, -0.1) is 0 Å². The van der Waals surface area contributed by atoms with E-state index < -0.39 is 10.0 Å². The maximum absolute atomic E-state index is 13.1. The predicted octanol–water partition coefficient (Wildman–Crippen LogP) is 2.94. The maximum Gasteiger partial charge on any atom is 0.243 e. The first-order valence-electron chi connectivity index (χ1n) is 8.94. The normalized spacial score (nSPS) is 15.3. The van der Waals surface area contributed by atoms with Crippen LogP contribution in [0.3, 0.4) is 0 Å². The molecule has 26 heavy (non-hydrogen) atoms. The number of hydrogen-bond donors (Lipinski definition) is 1. The van der Waals surface area contributed by atoms with Crippen molar-refractivity contribution >= 4 is 15.9 Å². The molecule has 0 atom stereocenters. The summed E-state index contributed by atoms with van der Waals surface area (Å²) in [4.78, 5) is 12.7. The monoisotopic (exact) mass is 372 g/mol. The van der Waals surface area contributed by atoms with E-state index in [0.29, 0.717) is 0 Å². The minimum absolute atomic E-state index is 0.163. The third-order valence-corrected chi connectivity index (χ3v) is 6.43. The van der Waals surface area contributed by atoms with Crippen LogP contribution in [-0.4, -0.2) is 31.2 Å². The molecule has 1 N–H and O–H groups in total. The van der Waals surface area contributed by atoms with Gasteiger partial charge in [-0.05, 0) is 30.5 Å². The lowest BCUT2D eigenvalue weighted by Crippen LogP contribution is -2.43. The number of carbonyl (C=O) groups excluding carboxylic acids is 1. The molecule has 1 aliphatic rings. The molecular formula is C20H24N2O3S. The molecule has 0 unspecified atom stereocenters. The topological polar surface area (TPSA) is 66.5 Å². The van der Waals surface area contributed by atoms with Crippen molar-refractivity contribution in [3.8, 4) is 0 Å². The number of nitrogens with zero attached hydrogens (tertiary/aromatic N) is 1. The molecule has 0 spiro atoms. The number of hydrogen-bond acceptors (Lipinski definition) is 3. The molecule has 2 aromatic rings. The molecule has 138 valence electrons. The van der Waals surface area contributed by atoms with Crippen molar-refractivity contribution in [3.05, 3.63) is 66.2 Å². The Morgan fingerprint density at radius 3 is 2.15 bits per heavy atom. The summed E-state index contributed by atoms with van der Waals surface area (Å²) in [6.45, 7) is -0.0151. The van der Waals surface area contributed by atoms with Crippen LogP contribution in [0.25, 0.3) is 0 Å². The molecule has 0 bridgehead atoms. The lowest BCUT2D eigenvalue weighted by molar-refractivity contribution is -0.122. The van der Waals surface area contributed by atoms with Crippen molar-refractivity contribution in [1.82, 2.24) is 9.62 Å². The number of nitrogens with one attached hydrogen (secondary N) is 1. The largest absolute Gasteiger partial charge is 0.352 e. The van der Waals surface area contributed by atoms with E-state index in [4.69, 9.17) is 0 Å². The second kappa shape index (κ2) is 8.47. The fraction of sp³-hybridized carbons (Fsp3) is 0.350. The summed E-state index contributed by atoms with van der Waals surface area (Å²) in [6.07, 6.45) is 4.16. The lowest BCUT2D eigenvalue weighted by Gasteiger charge is -2.23. The minimum atomic E-state index is -3.76. The zero-order chi connectivity index (χ0) is 18.4. The summed E-state index contributed by atoms with van der Waals surface area (Å²) >= 11 is 0. The van der Waals surface area contributed by atoms with Gasteiger partial charge in [0.15, 0.2) is 0 Å². The third-order valence-electron chi connectivity index (χ3n) is 4.62. The molecule has 3 rings (SSSR count). The molecule has 0 aromatic heterocycles. The summed E-state index contributed by atoms with van der Waals surface area (Å²) in [5, 5.41) is 2.97. The van der Waals surface area contributed by atoms with Crippen LogP contribution in [0.5, 0.6) is 0 Å². The van der Waals surface area contributed by atoms with Crippen molar-refractivity contribution in [2.75, 3.05) is 6.54 Å². The Morgan fingerprint density at radius 1 is 0.962 bits per heavy atom. The fourth-order valence-electron chi connectivity index (χ4n) is 3.26. The quantitative estimate of drug-likeness (QED) is 0.813. The number of rotatable bonds is 7. The minimum Gasteiger partial charge on any atom is -0.352 e. The van der Waals surface area contributed by atoms with Crippen LogP contribution in [0, 0.1) is 0 Å². The van der Waals surface area contributed by atoms with Gasteiger partial charge in [0, 0.05) is 12.6 Å². The lowest BCUT2D eigenvalue weighted by atomic mass is 10.2. The highest BCUT2D eigenvalue weighted by molar-refractivity contribution is 7.89. The molecule has 1 saturated carbocycles. The summed E-state index contributed by atoms with van der Waals surface area (Å²) in [5.41, 5.74) is 0.848. The van der Waals surface area contributed by atoms with E-state index >= 15 is 0 Å². The summed E-state index contributed by atoms with van der Waals surface area (Å²) in [6, 6.07) is 17.8. The van der Waals surface area contributed by atoms with Crippen LogP contribution in [0.4, 0.5) is 0 Å². The van der Waals surface area contributed by atoms with Gasteiger partial charge in [-0.3, -0.25) is 4.79 Å². The predicted molar refractivity (Wildman–Crippen MR) is 101 cm³/mol. The summed E-state index contributed by atoms with van der Waals surface area (Å²) in [5.74, 6) is -0.243. The van der Waals surface area contributed by atoms with Crippen LogP contribution < -0.4 is 5.32 Å². The van der Waals surface area contributed by atoms with Gasteiger partial charge < -0.3 is 5.32 Å². The molecule has 0 radical (unpaired) electrons. The van der Waals surface area contributed by atoms with Gasteiger partial charge >= 0.3 is 0 Å². The highest BCUT2D eigenvalue weighted by Crippen LogP contribution is 2.20. The highest BCUT2D eigenvalue weighted by Gasteiger charge is 2.28. The SMILES string of the molecule is O=C(CN(Cc1ccccc1)S(=O)(=O)c1ccccc1)NC1CCCC1. The van der Waals surface area contributed by atoms with Gasteiger partial charge in [-0.2, -0.15) is 4.31 Å². The van der Waals surface area contributed by atoms with Gasteiger partial charge in [-0.1, -0.05) is 61.4 Å². The van der Waals surface area contributed by atoms with E-state index in [1.54, 1.807) is 30.3 Å². The van der Waals surface area contributed by atoms with Gasteiger partial charge in [-0.25, -0.2) is 8.42 Å². The molecule has 0 saturated heterocycles. The summed E-state index contributed by atoms with van der Waals surface area (Å²) in [7, 11) is -3.76. The van der Waals surface area contributed by atoms with Crippen molar-refractivity contribution < 1.29 is 13.2 Å². The van der Waals surface area contributed by atoms with Crippen LogP contribution in [0.1, 0.15) is 31.2 Å². The van der Waals surface area contributed by atoms with Crippen molar-refractivity contribution in [2.45, 2.75) is 43.2 Å². The molecule has 1 amide bonds. The Kier molecular flexibility index (Phi) is 6.06. The van der Waals surface area contributed by atoms with E-state index in [2.05, 4.69) is 5.32 Å². The van der Waals surface area contributed by atoms with Gasteiger partial charge in [0.1, 0.15) is 0 Å².